The largest absolute Gasteiger partial charge is 0.478 e. The molecule has 0 amide bonds. The molecule has 1 aromatic carbocycles. The number of anilines is 2. The van der Waals surface area contributed by atoms with Crippen LogP contribution < -0.4 is 15.8 Å². The van der Waals surface area contributed by atoms with E-state index in [1.165, 1.54) is 17.2 Å². The Kier molecular flexibility index (Phi) is 6.24. The van der Waals surface area contributed by atoms with Gasteiger partial charge in [0.25, 0.3) is 5.56 Å². The number of hydrogen-bond acceptors (Lipinski definition) is 5. The average Bonchev–Trinajstić information content (AvgIpc) is 2.78. The van der Waals surface area contributed by atoms with Crippen molar-refractivity contribution in [2.24, 2.45) is 0 Å². The number of aromatic carboxylic acids is 1. The molecule has 0 aliphatic carbocycles. The van der Waals surface area contributed by atoms with Crippen LogP contribution in [0.5, 0.6) is 0 Å². The maximum absolute atomic E-state index is 14.0. The first-order valence-electron chi connectivity index (χ1n) is 11.1. The molecule has 1 aliphatic heterocycles. The summed E-state index contributed by atoms with van der Waals surface area (Å²) in [5, 5.41) is 12.6. The van der Waals surface area contributed by atoms with Gasteiger partial charge in [-0.05, 0) is 56.9 Å². The van der Waals surface area contributed by atoms with Gasteiger partial charge in [-0.2, -0.15) is 13.2 Å². The number of carbonyl (C=O) groups is 1. The molecular weight excluding hydrogens is 449 g/mol. The highest BCUT2D eigenvalue weighted by molar-refractivity contribution is 5.94. The molecule has 0 radical (unpaired) electrons. The molecule has 2 aromatic heterocycles. The van der Waals surface area contributed by atoms with Crippen LogP contribution in [0, 0.1) is 6.92 Å². The molecule has 0 saturated carbocycles. The Morgan fingerprint density at radius 3 is 2.50 bits per heavy atom. The standard InChI is InChI=1S/C24H25F3N4O3/c1-14-12-17(15(2)28-18-9-5-4-8-16(18)23(33)34)20-29-21(30-10-6-3-7-11-30)19(24(25,26)27)22(32)31(20)13-14/h4-5,8-9,12-13,15,28H,3,6-7,10-11H2,1-2H3,(H,33,34)/t15-/m1/s1. The highest BCUT2D eigenvalue weighted by atomic mass is 19.4. The number of fused-ring (bicyclic) bond motifs is 1. The molecule has 10 heteroatoms. The summed E-state index contributed by atoms with van der Waals surface area (Å²) in [6, 6.07) is 7.55. The molecule has 34 heavy (non-hydrogen) atoms. The number of halogens is 3. The zero-order valence-corrected chi connectivity index (χ0v) is 18.8. The number of benzene rings is 1. The Morgan fingerprint density at radius 1 is 1.18 bits per heavy atom. The Labute approximate surface area is 193 Å². The van der Waals surface area contributed by atoms with E-state index in [9.17, 15) is 27.9 Å². The quantitative estimate of drug-likeness (QED) is 0.548. The summed E-state index contributed by atoms with van der Waals surface area (Å²) in [7, 11) is 0. The maximum atomic E-state index is 14.0. The topological polar surface area (TPSA) is 86.9 Å². The number of para-hydroxylation sites is 1. The number of aryl methyl sites for hydroxylation is 1. The Bertz CT molecular complexity index is 1300. The lowest BCUT2D eigenvalue weighted by atomic mass is 10.1. The van der Waals surface area contributed by atoms with Crippen molar-refractivity contribution in [2.45, 2.75) is 45.3 Å². The van der Waals surface area contributed by atoms with Gasteiger partial charge < -0.3 is 15.3 Å². The van der Waals surface area contributed by atoms with Gasteiger partial charge in [0, 0.05) is 30.5 Å². The predicted molar refractivity (Wildman–Crippen MR) is 123 cm³/mol. The summed E-state index contributed by atoms with van der Waals surface area (Å²) in [6.45, 7) is 4.22. The lowest BCUT2D eigenvalue weighted by molar-refractivity contribution is -0.138. The van der Waals surface area contributed by atoms with Crippen molar-refractivity contribution in [1.82, 2.24) is 9.38 Å². The summed E-state index contributed by atoms with van der Waals surface area (Å²) < 4.78 is 43.0. The van der Waals surface area contributed by atoms with Crippen molar-refractivity contribution in [2.75, 3.05) is 23.3 Å². The zero-order chi connectivity index (χ0) is 24.6. The van der Waals surface area contributed by atoms with Gasteiger partial charge in [0.1, 0.15) is 11.5 Å². The van der Waals surface area contributed by atoms with Crippen molar-refractivity contribution in [3.8, 4) is 0 Å². The van der Waals surface area contributed by atoms with Crippen LogP contribution in [0.4, 0.5) is 24.7 Å². The van der Waals surface area contributed by atoms with E-state index in [2.05, 4.69) is 10.3 Å². The Morgan fingerprint density at radius 2 is 1.85 bits per heavy atom. The molecule has 1 saturated heterocycles. The molecule has 3 aromatic rings. The summed E-state index contributed by atoms with van der Waals surface area (Å²) in [5.74, 6) is -1.46. The fourth-order valence-electron chi connectivity index (χ4n) is 4.40. The monoisotopic (exact) mass is 474 g/mol. The fraction of sp³-hybridized carbons (Fsp3) is 0.375. The first-order chi connectivity index (χ1) is 16.1. The van der Waals surface area contributed by atoms with Crippen LogP contribution in [0.15, 0.2) is 41.3 Å². The molecule has 0 bridgehead atoms. The second-order valence-electron chi connectivity index (χ2n) is 8.54. The van der Waals surface area contributed by atoms with E-state index in [4.69, 9.17) is 0 Å². The van der Waals surface area contributed by atoms with Crippen LogP contribution in [-0.2, 0) is 6.18 Å². The van der Waals surface area contributed by atoms with Crippen molar-refractivity contribution in [1.29, 1.82) is 0 Å². The lowest BCUT2D eigenvalue weighted by Crippen LogP contribution is -2.37. The average molecular weight is 474 g/mol. The maximum Gasteiger partial charge on any atom is 0.425 e. The number of rotatable bonds is 5. The van der Waals surface area contributed by atoms with Crippen LogP contribution >= 0.6 is 0 Å². The molecule has 3 heterocycles. The van der Waals surface area contributed by atoms with Gasteiger partial charge in [0.15, 0.2) is 5.56 Å². The molecule has 1 fully saturated rings. The summed E-state index contributed by atoms with van der Waals surface area (Å²) in [5.41, 5.74) is -0.842. The number of hydrogen-bond donors (Lipinski definition) is 2. The minimum absolute atomic E-state index is 0.0600. The number of pyridine rings is 1. The second-order valence-corrected chi connectivity index (χ2v) is 8.54. The Hall–Kier alpha value is -3.56. The molecule has 4 rings (SSSR count). The molecule has 1 aliphatic rings. The molecule has 0 unspecified atom stereocenters. The van der Waals surface area contributed by atoms with Gasteiger partial charge in [-0.25, -0.2) is 9.78 Å². The first kappa shape index (κ1) is 23.6. The number of carboxylic acid groups (broad SMARTS) is 1. The minimum Gasteiger partial charge on any atom is -0.478 e. The van der Waals surface area contributed by atoms with Crippen LogP contribution in [0.3, 0.4) is 0 Å². The first-order valence-corrected chi connectivity index (χ1v) is 11.1. The molecule has 7 nitrogen and oxygen atoms in total. The normalized spacial score (nSPS) is 15.4. The zero-order valence-electron chi connectivity index (χ0n) is 18.8. The van der Waals surface area contributed by atoms with Crippen molar-refractivity contribution < 1.29 is 23.1 Å². The van der Waals surface area contributed by atoms with E-state index in [-0.39, 0.29) is 17.0 Å². The van der Waals surface area contributed by atoms with Gasteiger partial charge in [-0.1, -0.05) is 12.1 Å². The third-order valence-electron chi connectivity index (χ3n) is 6.01. The van der Waals surface area contributed by atoms with Crippen LogP contribution in [-0.4, -0.2) is 33.6 Å². The van der Waals surface area contributed by atoms with Crippen LogP contribution in [0.2, 0.25) is 0 Å². The molecular formula is C24H25F3N4O3. The summed E-state index contributed by atoms with van der Waals surface area (Å²) >= 11 is 0. The number of aromatic nitrogens is 2. The van der Waals surface area contributed by atoms with Crippen molar-refractivity contribution in [3.63, 3.8) is 0 Å². The predicted octanol–water partition coefficient (Wildman–Crippen LogP) is 4.88. The smallest absolute Gasteiger partial charge is 0.425 e. The molecule has 0 spiro atoms. The van der Waals surface area contributed by atoms with Gasteiger partial charge in [0.05, 0.1) is 11.6 Å². The van der Waals surface area contributed by atoms with E-state index >= 15 is 0 Å². The van der Waals surface area contributed by atoms with Gasteiger partial charge in [-0.15, -0.1) is 0 Å². The number of alkyl halides is 3. The van der Waals surface area contributed by atoms with Crippen molar-refractivity contribution >= 4 is 23.1 Å². The summed E-state index contributed by atoms with van der Waals surface area (Å²) in [4.78, 5) is 30.7. The van der Waals surface area contributed by atoms with Gasteiger partial charge in [-0.3, -0.25) is 9.20 Å². The lowest BCUT2D eigenvalue weighted by Gasteiger charge is -2.30. The van der Waals surface area contributed by atoms with E-state index < -0.39 is 29.3 Å². The van der Waals surface area contributed by atoms with E-state index in [0.717, 1.165) is 23.7 Å². The number of nitrogens with one attached hydrogen (secondary N) is 1. The highest BCUT2D eigenvalue weighted by Crippen LogP contribution is 2.35. The molecule has 2 N–H and O–H groups in total. The van der Waals surface area contributed by atoms with Crippen LogP contribution in [0.25, 0.3) is 5.65 Å². The second kappa shape index (κ2) is 9.00. The Balaban J connectivity index is 1.90. The third kappa shape index (κ3) is 4.44. The van der Waals surface area contributed by atoms with Crippen LogP contribution in [0.1, 0.15) is 59.3 Å². The van der Waals surface area contributed by atoms with Gasteiger partial charge >= 0.3 is 12.1 Å². The van der Waals surface area contributed by atoms with Crippen molar-refractivity contribution in [3.05, 3.63) is 69.1 Å². The third-order valence-corrected chi connectivity index (χ3v) is 6.01. The SMILES string of the molecule is Cc1cc([C@@H](C)Nc2ccccc2C(=O)O)c2nc(N3CCCCC3)c(C(F)(F)F)c(=O)n2c1. The van der Waals surface area contributed by atoms with Gasteiger partial charge in [0.2, 0.25) is 0 Å². The minimum atomic E-state index is -4.85. The number of nitrogens with zero attached hydrogens (tertiary/aromatic N) is 3. The van der Waals surface area contributed by atoms with E-state index in [1.807, 2.05) is 0 Å². The van der Waals surface area contributed by atoms with E-state index in [1.54, 1.807) is 38.1 Å². The highest BCUT2D eigenvalue weighted by Gasteiger charge is 2.40. The molecule has 1 atom stereocenters. The summed E-state index contributed by atoms with van der Waals surface area (Å²) in [6.07, 6.45) is -1.14. The van der Waals surface area contributed by atoms with E-state index in [0.29, 0.717) is 29.9 Å². The number of carboxylic acids is 1. The fourth-order valence-corrected chi connectivity index (χ4v) is 4.40. The molecule has 180 valence electrons. The number of piperidine rings is 1.